The normalized spacial score (nSPS) is 21.6. The van der Waals surface area contributed by atoms with Crippen molar-refractivity contribution in [3.05, 3.63) is 39.9 Å². The van der Waals surface area contributed by atoms with Gasteiger partial charge in [-0.3, -0.25) is 10.1 Å². The molecule has 0 aromatic heterocycles. The molecule has 1 heterocycles. The van der Waals surface area contributed by atoms with E-state index < -0.39 is 0 Å². The van der Waals surface area contributed by atoms with Gasteiger partial charge in [0.2, 0.25) is 0 Å². The van der Waals surface area contributed by atoms with Crippen molar-refractivity contribution in [1.82, 2.24) is 10.2 Å². The topological polar surface area (TPSA) is 58.4 Å². The highest BCUT2D eigenvalue weighted by atomic mass is 16.6. The summed E-state index contributed by atoms with van der Waals surface area (Å²) < 4.78 is 0. The van der Waals surface area contributed by atoms with Gasteiger partial charge in [-0.25, -0.2) is 0 Å². The second kappa shape index (κ2) is 6.81. The number of nitrogens with zero attached hydrogens (tertiary/aromatic N) is 2. The Kier molecular flexibility index (Phi) is 5.09. The van der Waals surface area contributed by atoms with Gasteiger partial charge in [-0.15, -0.1) is 0 Å². The van der Waals surface area contributed by atoms with Crippen LogP contribution in [0, 0.1) is 16.0 Å². The highest BCUT2D eigenvalue weighted by molar-refractivity contribution is 5.34. The highest BCUT2D eigenvalue weighted by Crippen LogP contribution is 2.19. The Morgan fingerprint density at radius 1 is 1.45 bits per heavy atom. The fraction of sp³-hybridized carbons (Fsp3) is 0.600. The minimum atomic E-state index is -0.361. The Labute approximate surface area is 120 Å². The molecular weight excluding hydrogens is 254 g/mol. The first-order chi connectivity index (χ1) is 9.56. The molecule has 1 aliphatic rings. The van der Waals surface area contributed by atoms with Crippen molar-refractivity contribution in [2.75, 3.05) is 26.7 Å². The first kappa shape index (κ1) is 14.9. The first-order valence-corrected chi connectivity index (χ1v) is 7.22. The number of likely N-dealkylation sites (tertiary alicyclic amines) is 1. The first-order valence-electron chi connectivity index (χ1n) is 7.22. The predicted molar refractivity (Wildman–Crippen MR) is 79.7 cm³/mol. The van der Waals surface area contributed by atoms with E-state index in [1.807, 2.05) is 12.1 Å². The molecule has 5 heteroatoms. The van der Waals surface area contributed by atoms with Gasteiger partial charge in [0, 0.05) is 24.7 Å². The third-order valence-corrected chi connectivity index (χ3v) is 4.04. The summed E-state index contributed by atoms with van der Waals surface area (Å²) in [5.74, 6) is 0.703. The van der Waals surface area contributed by atoms with Gasteiger partial charge in [0.05, 0.1) is 4.92 Å². The van der Waals surface area contributed by atoms with Crippen molar-refractivity contribution in [2.45, 2.75) is 25.8 Å². The van der Waals surface area contributed by atoms with Crippen molar-refractivity contribution in [2.24, 2.45) is 5.92 Å². The zero-order valence-corrected chi connectivity index (χ0v) is 12.2. The van der Waals surface area contributed by atoms with Crippen LogP contribution in [0.1, 0.15) is 31.4 Å². The Hall–Kier alpha value is -1.46. The van der Waals surface area contributed by atoms with Crippen LogP contribution in [-0.2, 0) is 0 Å². The standard InChI is InChI=1S/C15H23N3O2/c1-12(14-5-7-15(8-6-14)18(19)20)16-10-13-4-3-9-17(2)11-13/h5-8,12-13,16H,3-4,9-11H2,1-2H3. The van der Waals surface area contributed by atoms with Crippen molar-refractivity contribution in [3.63, 3.8) is 0 Å². The predicted octanol–water partition coefficient (Wildman–Crippen LogP) is 2.59. The minimum absolute atomic E-state index is 0.148. The van der Waals surface area contributed by atoms with Crippen molar-refractivity contribution in [3.8, 4) is 0 Å². The molecule has 1 aromatic rings. The number of nitrogens with one attached hydrogen (secondary N) is 1. The van der Waals surface area contributed by atoms with Crippen LogP contribution in [0.4, 0.5) is 5.69 Å². The van der Waals surface area contributed by atoms with Crippen LogP contribution in [0.15, 0.2) is 24.3 Å². The molecule has 1 N–H and O–H groups in total. The highest BCUT2D eigenvalue weighted by Gasteiger charge is 2.18. The third kappa shape index (κ3) is 4.02. The minimum Gasteiger partial charge on any atom is -0.310 e. The van der Waals surface area contributed by atoms with Gasteiger partial charge in [0.1, 0.15) is 0 Å². The van der Waals surface area contributed by atoms with Crippen LogP contribution in [0.3, 0.4) is 0 Å². The average molecular weight is 277 g/mol. The lowest BCUT2D eigenvalue weighted by molar-refractivity contribution is -0.384. The fourth-order valence-electron chi connectivity index (χ4n) is 2.79. The smallest absolute Gasteiger partial charge is 0.269 e. The van der Waals surface area contributed by atoms with Gasteiger partial charge in [-0.05, 0) is 51.4 Å². The Morgan fingerprint density at radius 2 is 2.15 bits per heavy atom. The molecule has 5 nitrogen and oxygen atoms in total. The van der Waals surface area contributed by atoms with Crippen molar-refractivity contribution in [1.29, 1.82) is 0 Å². The molecule has 1 aromatic carbocycles. The van der Waals surface area contributed by atoms with Gasteiger partial charge in [-0.1, -0.05) is 12.1 Å². The second-order valence-electron chi connectivity index (χ2n) is 5.75. The molecular formula is C15H23N3O2. The summed E-state index contributed by atoms with van der Waals surface area (Å²) in [5.41, 5.74) is 1.25. The number of nitro groups is 1. The summed E-state index contributed by atoms with van der Waals surface area (Å²) in [4.78, 5) is 12.7. The molecule has 2 rings (SSSR count). The average Bonchev–Trinajstić information content (AvgIpc) is 2.45. The lowest BCUT2D eigenvalue weighted by Crippen LogP contribution is -2.37. The Morgan fingerprint density at radius 3 is 2.75 bits per heavy atom. The molecule has 20 heavy (non-hydrogen) atoms. The number of benzene rings is 1. The number of hydrogen-bond donors (Lipinski definition) is 1. The van der Waals surface area contributed by atoms with Gasteiger partial charge in [-0.2, -0.15) is 0 Å². The van der Waals surface area contributed by atoms with Gasteiger partial charge >= 0.3 is 0 Å². The third-order valence-electron chi connectivity index (χ3n) is 4.04. The fourth-order valence-corrected chi connectivity index (χ4v) is 2.79. The zero-order chi connectivity index (χ0) is 14.5. The molecule has 1 fully saturated rings. The van der Waals surface area contributed by atoms with Gasteiger partial charge < -0.3 is 10.2 Å². The summed E-state index contributed by atoms with van der Waals surface area (Å²) in [6.07, 6.45) is 2.55. The summed E-state index contributed by atoms with van der Waals surface area (Å²) in [6, 6.07) is 7.04. The summed E-state index contributed by atoms with van der Waals surface area (Å²) in [6.45, 7) is 5.46. The Bertz CT molecular complexity index is 447. The largest absolute Gasteiger partial charge is 0.310 e. The molecule has 0 radical (unpaired) electrons. The molecule has 0 saturated carbocycles. The summed E-state index contributed by atoms with van der Waals surface area (Å²) >= 11 is 0. The van der Waals surface area contributed by atoms with Crippen LogP contribution >= 0.6 is 0 Å². The van der Waals surface area contributed by atoms with E-state index in [1.165, 1.54) is 19.4 Å². The summed E-state index contributed by atoms with van der Waals surface area (Å²) in [5, 5.41) is 14.2. The van der Waals surface area contributed by atoms with Crippen LogP contribution in [-0.4, -0.2) is 36.5 Å². The van der Waals surface area contributed by atoms with E-state index >= 15 is 0 Å². The van der Waals surface area contributed by atoms with Crippen molar-refractivity contribution < 1.29 is 4.92 Å². The number of nitro benzene ring substituents is 1. The van der Waals surface area contributed by atoms with E-state index in [0.29, 0.717) is 5.92 Å². The summed E-state index contributed by atoms with van der Waals surface area (Å²) in [7, 11) is 2.17. The molecule has 0 amide bonds. The lowest BCUT2D eigenvalue weighted by atomic mass is 9.97. The number of hydrogen-bond acceptors (Lipinski definition) is 4. The molecule has 0 spiro atoms. The van der Waals surface area contributed by atoms with Gasteiger partial charge in [0.25, 0.3) is 5.69 Å². The maximum Gasteiger partial charge on any atom is 0.269 e. The van der Waals surface area contributed by atoms with Crippen molar-refractivity contribution >= 4 is 5.69 Å². The van der Waals surface area contributed by atoms with Crippen LogP contribution < -0.4 is 5.32 Å². The van der Waals surface area contributed by atoms with E-state index in [-0.39, 0.29) is 16.7 Å². The zero-order valence-electron chi connectivity index (χ0n) is 12.2. The van der Waals surface area contributed by atoms with E-state index in [0.717, 1.165) is 18.7 Å². The second-order valence-corrected chi connectivity index (χ2v) is 5.75. The number of piperidine rings is 1. The van der Waals surface area contributed by atoms with Crippen LogP contribution in [0.2, 0.25) is 0 Å². The molecule has 0 bridgehead atoms. The van der Waals surface area contributed by atoms with E-state index in [9.17, 15) is 10.1 Å². The monoisotopic (exact) mass is 277 g/mol. The van der Waals surface area contributed by atoms with Crippen LogP contribution in [0.5, 0.6) is 0 Å². The van der Waals surface area contributed by atoms with E-state index in [4.69, 9.17) is 0 Å². The maximum atomic E-state index is 10.6. The lowest BCUT2D eigenvalue weighted by Gasteiger charge is -2.30. The van der Waals surface area contributed by atoms with Gasteiger partial charge in [0.15, 0.2) is 0 Å². The maximum absolute atomic E-state index is 10.6. The van der Waals surface area contributed by atoms with Crippen LogP contribution in [0.25, 0.3) is 0 Å². The van der Waals surface area contributed by atoms with E-state index in [1.54, 1.807) is 12.1 Å². The quantitative estimate of drug-likeness (QED) is 0.664. The van der Waals surface area contributed by atoms with E-state index in [2.05, 4.69) is 24.2 Å². The SMILES string of the molecule is CC(NCC1CCCN(C)C1)c1ccc([N+](=O)[O-])cc1. The molecule has 1 saturated heterocycles. The molecule has 1 aliphatic heterocycles. The number of non-ortho nitro benzene ring substituents is 1. The molecule has 0 aliphatic carbocycles. The molecule has 2 unspecified atom stereocenters. The number of rotatable bonds is 5. The molecule has 2 atom stereocenters. The Balaban J connectivity index is 1.84. The molecule has 110 valence electrons.